The minimum atomic E-state index is -1.84. The number of nitro benzene ring substituents is 1. The summed E-state index contributed by atoms with van der Waals surface area (Å²) in [7, 11) is 0. The first-order valence-corrected chi connectivity index (χ1v) is 7.70. The number of nitrogens with zero attached hydrogens (tertiary/aromatic N) is 2. The Bertz CT molecular complexity index is 892. The highest BCUT2D eigenvalue weighted by Crippen LogP contribution is 2.30. The van der Waals surface area contributed by atoms with Gasteiger partial charge in [0.2, 0.25) is 5.78 Å². The van der Waals surface area contributed by atoms with Crippen LogP contribution in [0.1, 0.15) is 29.3 Å². The molecule has 26 heavy (non-hydrogen) atoms. The van der Waals surface area contributed by atoms with Gasteiger partial charge in [-0.1, -0.05) is 35.5 Å². The van der Waals surface area contributed by atoms with Gasteiger partial charge in [0.1, 0.15) is 0 Å². The molecule has 2 aromatic carbocycles. The number of hydrogen-bond donors (Lipinski definition) is 0. The smallest absolute Gasteiger partial charge is 0.342 e. The molecule has 8 heteroatoms. The van der Waals surface area contributed by atoms with Gasteiger partial charge >= 0.3 is 11.8 Å². The minimum absolute atomic E-state index is 0.0227. The lowest BCUT2D eigenvalue weighted by Crippen LogP contribution is -2.42. The summed E-state index contributed by atoms with van der Waals surface area (Å²) in [5, 5.41) is 14.6. The highest BCUT2D eigenvalue weighted by atomic mass is 16.8. The third-order valence-electron chi connectivity index (χ3n) is 3.92. The Morgan fingerprint density at radius 2 is 1.81 bits per heavy atom. The molecule has 8 nitrogen and oxygen atoms in total. The van der Waals surface area contributed by atoms with Crippen LogP contribution >= 0.6 is 0 Å². The normalized spacial score (nSPS) is 18.6. The summed E-state index contributed by atoms with van der Waals surface area (Å²) in [6, 6.07) is 13.9. The highest BCUT2D eigenvalue weighted by molar-refractivity contribution is 6.05. The van der Waals surface area contributed by atoms with Crippen molar-refractivity contribution in [1.29, 1.82) is 0 Å². The van der Waals surface area contributed by atoms with Gasteiger partial charge in [-0.05, 0) is 17.7 Å². The van der Waals surface area contributed by atoms with E-state index in [1.165, 1.54) is 31.2 Å². The molecule has 0 bridgehead atoms. The first-order chi connectivity index (χ1) is 12.4. The Morgan fingerprint density at radius 3 is 2.38 bits per heavy atom. The molecule has 1 unspecified atom stereocenters. The van der Waals surface area contributed by atoms with Crippen molar-refractivity contribution in [2.75, 3.05) is 0 Å². The SMILES string of the molecule is CC(=O)C1(OC(=O)c2ccc([N+](=O)[O-])cc2)CC(c2ccccc2)=NO1. The number of Topliss-reactive ketones (excluding diaryl/α,β-unsaturated/α-hetero) is 1. The summed E-state index contributed by atoms with van der Waals surface area (Å²) in [5.74, 6) is -3.19. The van der Waals surface area contributed by atoms with Crippen molar-refractivity contribution in [2.24, 2.45) is 5.16 Å². The first kappa shape index (κ1) is 17.3. The standard InChI is InChI=1S/C18H14N2O6/c1-12(21)18(11-16(19-26-18)13-5-3-2-4-6-13)25-17(22)14-7-9-15(10-8-14)20(23)24/h2-10H,11H2,1H3. The topological polar surface area (TPSA) is 108 Å². The molecule has 132 valence electrons. The molecular formula is C18H14N2O6. The van der Waals surface area contributed by atoms with Gasteiger partial charge in [0.05, 0.1) is 22.6 Å². The zero-order valence-electron chi connectivity index (χ0n) is 13.7. The average molecular weight is 354 g/mol. The van der Waals surface area contributed by atoms with Gasteiger partial charge in [0, 0.05) is 19.1 Å². The van der Waals surface area contributed by atoms with Crippen LogP contribution < -0.4 is 0 Å². The second kappa shape index (κ2) is 6.75. The predicted octanol–water partition coefficient (Wildman–Crippen LogP) is 2.86. The molecule has 2 aromatic rings. The largest absolute Gasteiger partial charge is 0.409 e. The van der Waals surface area contributed by atoms with E-state index in [2.05, 4.69) is 5.16 Å². The van der Waals surface area contributed by atoms with E-state index in [9.17, 15) is 19.7 Å². The van der Waals surface area contributed by atoms with E-state index in [1.807, 2.05) is 18.2 Å². The van der Waals surface area contributed by atoms with Gasteiger partial charge in [-0.25, -0.2) is 4.79 Å². The molecule has 1 heterocycles. The number of nitro groups is 1. The minimum Gasteiger partial charge on any atom is -0.409 e. The van der Waals surface area contributed by atoms with E-state index in [-0.39, 0.29) is 17.7 Å². The number of carbonyl (C=O) groups excluding carboxylic acids is 2. The van der Waals surface area contributed by atoms with Gasteiger partial charge in [0.15, 0.2) is 0 Å². The van der Waals surface area contributed by atoms with Crippen LogP contribution in [0.3, 0.4) is 0 Å². The Balaban J connectivity index is 1.78. The van der Waals surface area contributed by atoms with E-state index in [4.69, 9.17) is 9.57 Å². The van der Waals surface area contributed by atoms with Gasteiger partial charge in [0.25, 0.3) is 5.69 Å². The molecule has 3 rings (SSSR count). The lowest BCUT2D eigenvalue weighted by Gasteiger charge is -2.23. The molecule has 0 radical (unpaired) electrons. The molecule has 0 amide bonds. The van der Waals surface area contributed by atoms with Crippen LogP contribution in [0, 0.1) is 10.1 Å². The highest BCUT2D eigenvalue weighted by Gasteiger charge is 2.48. The van der Waals surface area contributed by atoms with Crippen LogP contribution in [0.25, 0.3) is 0 Å². The van der Waals surface area contributed by atoms with Gasteiger partial charge in [-0.2, -0.15) is 0 Å². The quantitative estimate of drug-likeness (QED) is 0.464. The fourth-order valence-corrected chi connectivity index (χ4v) is 2.44. The summed E-state index contributed by atoms with van der Waals surface area (Å²) in [5.41, 5.74) is 1.14. The summed E-state index contributed by atoms with van der Waals surface area (Å²) in [6.07, 6.45) is -0.0227. The van der Waals surface area contributed by atoms with Crippen molar-refractivity contribution in [1.82, 2.24) is 0 Å². The van der Waals surface area contributed by atoms with Crippen molar-refractivity contribution in [2.45, 2.75) is 19.1 Å². The summed E-state index contributed by atoms with van der Waals surface area (Å²) < 4.78 is 5.30. The van der Waals surface area contributed by atoms with Crippen LogP contribution in [-0.2, 0) is 14.4 Å². The molecule has 1 atom stereocenters. The molecule has 0 fully saturated rings. The third kappa shape index (κ3) is 3.30. The van der Waals surface area contributed by atoms with Crippen LogP contribution in [-0.4, -0.2) is 28.2 Å². The van der Waals surface area contributed by atoms with Gasteiger partial charge in [-0.3, -0.25) is 14.9 Å². The monoisotopic (exact) mass is 354 g/mol. The second-order valence-electron chi connectivity index (χ2n) is 5.67. The first-order valence-electron chi connectivity index (χ1n) is 7.70. The molecule has 1 aliphatic heterocycles. The Morgan fingerprint density at radius 1 is 1.15 bits per heavy atom. The fraction of sp³-hybridized carbons (Fsp3) is 0.167. The molecule has 0 spiro atoms. The number of carbonyl (C=O) groups is 2. The fourth-order valence-electron chi connectivity index (χ4n) is 2.44. The lowest BCUT2D eigenvalue weighted by molar-refractivity contribution is -0.384. The molecule has 0 saturated carbocycles. The van der Waals surface area contributed by atoms with E-state index in [0.717, 1.165) is 5.56 Å². The molecule has 1 aliphatic rings. The Hall–Kier alpha value is -3.55. The molecule has 0 aromatic heterocycles. The number of ketones is 1. The van der Waals surface area contributed by atoms with E-state index >= 15 is 0 Å². The van der Waals surface area contributed by atoms with Gasteiger partial charge in [-0.15, -0.1) is 0 Å². The third-order valence-corrected chi connectivity index (χ3v) is 3.92. The van der Waals surface area contributed by atoms with E-state index < -0.39 is 22.5 Å². The number of esters is 1. The van der Waals surface area contributed by atoms with Crippen molar-refractivity contribution >= 4 is 23.2 Å². The van der Waals surface area contributed by atoms with Crippen LogP contribution in [0.2, 0.25) is 0 Å². The lowest BCUT2D eigenvalue weighted by atomic mass is 10.0. The Kier molecular flexibility index (Phi) is 4.49. The van der Waals surface area contributed by atoms with E-state index in [1.54, 1.807) is 12.1 Å². The van der Waals surface area contributed by atoms with Crippen LogP contribution in [0.15, 0.2) is 59.8 Å². The van der Waals surface area contributed by atoms with Crippen molar-refractivity contribution < 1.29 is 24.1 Å². The van der Waals surface area contributed by atoms with Crippen LogP contribution in [0.5, 0.6) is 0 Å². The maximum absolute atomic E-state index is 12.4. The number of oxime groups is 1. The second-order valence-corrected chi connectivity index (χ2v) is 5.67. The van der Waals surface area contributed by atoms with Crippen molar-refractivity contribution in [3.63, 3.8) is 0 Å². The van der Waals surface area contributed by atoms with Crippen molar-refractivity contribution in [3.05, 3.63) is 75.8 Å². The molecule has 0 N–H and O–H groups in total. The average Bonchev–Trinajstić information content (AvgIpc) is 3.08. The molecule has 0 aliphatic carbocycles. The number of hydrogen-bond acceptors (Lipinski definition) is 7. The number of rotatable bonds is 5. The molecular weight excluding hydrogens is 340 g/mol. The summed E-state index contributed by atoms with van der Waals surface area (Å²) in [4.78, 5) is 39.8. The maximum Gasteiger partial charge on any atom is 0.342 e. The zero-order chi connectivity index (χ0) is 18.7. The Labute approximate surface area is 148 Å². The molecule has 0 saturated heterocycles. The maximum atomic E-state index is 12.4. The van der Waals surface area contributed by atoms with E-state index in [0.29, 0.717) is 5.71 Å². The zero-order valence-corrected chi connectivity index (χ0v) is 13.7. The van der Waals surface area contributed by atoms with Crippen molar-refractivity contribution in [3.8, 4) is 0 Å². The number of benzene rings is 2. The summed E-state index contributed by atoms with van der Waals surface area (Å²) >= 11 is 0. The van der Waals surface area contributed by atoms with Gasteiger partial charge < -0.3 is 9.57 Å². The van der Waals surface area contributed by atoms with Crippen LogP contribution in [0.4, 0.5) is 5.69 Å². The number of ether oxygens (including phenoxy) is 1. The number of non-ortho nitro benzene ring substituents is 1. The summed E-state index contributed by atoms with van der Waals surface area (Å²) in [6.45, 7) is 1.24. The predicted molar refractivity (Wildman–Crippen MR) is 90.6 cm³/mol.